The van der Waals surface area contributed by atoms with Gasteiger partial charge in [0.15, 0.2) is 0 Å². The zero-order chi connectivity index (χ0) is 19.6. The summed E-state index contributed by atoms with van der Waals surface area (Å²) in [5.74, 6) is -0.413. The molecular formula is C21H22N2O3S. The number of rotatable bonds is 5. The van der Waals surface area contributed by atoms with Crippen LogP contribution in [0.15, 0.2) is 65.6 Å². The van der Waals surface area contributed by atoms with E-state index in [4.69, 9.17) is 0 Å². The quantitative estimate of drug-likeness (QED) is 0.705. The van der Waals surface area contributed by atoms with Gasteiger partial charge in [-0.15, -0.1) is 0 Å². The lowest BCUT2D eigenvalue weighted by atomic mass is 10.1. The second-order valence-corrected chi connectivity index (χ2v) is 8.43. The highest BCUT2D eigenvalue weighted by atomic mass is 32.2. The summed E-state index contributed by atoms with van der Waals surface area (Å²) in [5.41, 5.74) is 2.69. The first-order valence-corrected chi connectivity index (χ1v) is 10.1. The van der Waals surface area contributed by atoms with Crippen LogP contribution in [-0.2, 0) is 14.8 Å². The van der Waals surface area contributed by atoms with Gasteiger partial charge >= 0.3 is 0 Å². The van der Waals surface area contributed by atoms with Gasteiger partial charge in [-0.05, 0) is 66.9 Å². The van der Waals surface area contributed by atoms with Gasteiger partial charge in [0.1, 0.15) is 0 Å². The van der Waals surface area contributed by atoms with Crippen LogP contribution in [0.2, 0.25) is 0 Å². The summed E-state index contributed by atoms with van der Waals surface area (Å²) in [7, 11) is -3.82. The van der Waals surface area contributed by atoms with Crippen LogP contribution in [0.1, 0.15) is 18.1 Å². The molecule has 0 saturated carbocycles. The summed E-state index contributed by atoms with van der Waals surface area (Å²) >= 11 is 0. The van der Waals surface area contributed by atoms with Crippen LogP contribution in [0, 0.1) is 13.8 Å². The number of hydrogen-bond acceptors (Lipinski definition) is 3. The topological polar surface area (TPSA) is 75.3 Å². The Balaban J connectivity index is 1.76. The highest BCUT2D eigenvalue weighted by Crippen LogP contribution is 2.19. The van der Waals surface area contributed by atoms with Crippen molar-refractivity contribution >= 4 is 32.4 Å². The van der Waals surface area contributed by atoms with Crippen molar-refractivity contribution in [1.29, 1.82) is 0 Å². The van der Waals surface area contributed by atoms with Gasteiger partial charge in [0.25, 0.3) is 0 Å². The van der Waals surface area contributed by atoms with Crippen LogP contribution in [0.5, 0.6) is 0 Å². The molecule has 27 heavy (non-hydrogen) atoms. The summed E-state index contributed by atoms with van der Waals surface area (Å²) in [5, 5.41) is 4.54. The maximum absolute atomic E-state index is 12.7. The third-order valence-electron chi connectivity index (χ3n) is 4.25. The molecule has 0 aromatic heterocycles. The van der Waals surface area contributed by atoms with Crippen molar-refractivity contribution in [2.75, 3.05) is 5.32 Å². The third-order valence-corrected chi connectivity index (χ3v) is 5.78. The van der Waals surface area contributed by atoms with Crippen LogP contribution in [-0.4, -0.2) is 20.4 Å². The fourth-order valence-electron chi connectivity index (χ4n) is 2.99. The summed E-state index contributed by atoms with van der Waals surface area (Å²) < 4.78 is 27.8. The molecule has 0 radical (unpaired) electrons. The first kappa shape index (κ1) is 19.1. The number of fused-ring (bicyclic) bond motifs is 1. The lowest BCUT2D eigenvalue weighted by molar-refractivity contribution is -0.117. The molecule has 0 heterocycles. The van der Waals surface area contributed by atoms with Crippen molar-refractivity contribution in [3.8, 4) is 0 Å². The van der Waals surface area contributed by atoms with Crippen molar-refractivity contribution in [3.05, 3.63) is 71.8 Å². The maximum Gasteiger partial charge on any atom is 0.242 e. The van der Waals surface area contributed by atoms with Crippen LogP contribution < -0.4 is 10.0 Å². The number of hydrogen-bond donors (Lipinski definition) is 2. The molecule has 3 aromatic carbocycles. The van der Waals surface area contributed by atoms with Gasteiger partial charge in [-0.3, -0.25) is 4.79 Å². The van der Waals surface area contributed by atoms with Crippen molar-refractivity contribution in [3.63, 3.8) is 0 Å². The van der Waals surface area contributed by atoms with E-state index in [0.717, 1.165) is 21.9 Å². The Kier molecular flexibility index (Phi) is 5.30. The number of benzene rings is 3. The Labute approximate surface area is 159 Å². The van der Waals surface area contributed by atoms with Gasteiger partial charge in [0, 0.05) is 5.69 Å². The van der Waals surface area contributed by atoms with E-state index in [1.54, 1.807) is 18.2 Å². The van der Waals surface area contributed by atoms with E-state index in [0.29, 0.717) is 5.69 Å². The van der Waals surface area contributed by atoms with Crippen molar-refractivity contribution in [2.45, 2.75) is 31.7 Å². The second kappa shape index (κ2) is 7.50. The molecule has 1 atom stereocenters. The van der Waals surface area contributed by atoms with E-state index < -0.39 is 22.0 Å². The predicted octanol–water partition coefficient (Wildman–Crippen LogP) is 3.76. The Morgan fingerprint density at radius 3 is 2.19 bits per heavy atom. The molecule has 0 saturated heterocycles. The number of nitrogens with one attached hydrogen (secondary N) is 2. The standard InChI is InChI=1S/C21H22N2O3S/c1-14-10-15(2)12-19(11-14)22-21(24)16(3)23-27(25,26)20-9-8-17-6-4-5-7-18(17)13-20/h4-13,16,23H,1-3H3,(H,22,24)/t16-/m0/s1. The molecule has 3 rings (SSSR count). The first-order chi connectivity index (χ1) is 12.7. The minimum Gasteiger partial charge on any atom is -0.325 e. The van der Waals surface area contributed by atoms with Crippen LogP contribution in [0.3, 0.4) is 0 Å². The van der Waals surface area contributed by atoms with Gasteiger partial charge < -0.3 is 5.32 Å². The molecule has 0 unspecified atom stereocenters. The number of amides is 1. The van der Waals surface area contributed by atoms with E-state index >= 15 is 0 Å². The average molecular weight is 382 g/mol. The van der Waals surface area contributed by atoms with Gasteiger partial charge in [-0.1, -0.05) is 36.4 Å². The minimum atomic E-state index is -3.82. The zero-order valence-electron chi connectivity index (χ0n) is 15.5. The smallest absolute Gasteiger partial charge is 0.242 e. The molecule has 0 spiro atoms. The summed E-state index contributed by atoms with van der Waals surface area (Å²) in [6.07, 6.45) is 0. The molecule has 2 N–H and O–H groups in total. The Hall–Kier alpha value is -2.70. The Morgan fingerprint density at radius 2 is 1.52 bits per heavy atom. The number of aryl methyl sites for hydroxylation is 2. The Bertz CT molecular complexity index is 1090. The molecule has 0 aliphatic rings. The molecule has 0 fully saturated rings. The normalized spacial score (nSPS) is 12.7. The molecule has 140 valence electrons. The van der Waals surface area contributed by atoms with Crippen molar-refractivity contribution in [1.82, 2.24) is 4.72 Å². The summed E-state index contributed by atoms with van der Waals surface area (Å²) in [6.45, 7) is 5.40. The highest BCUT2D eigenvalue weighted by molar-refractivity contribution is 7.89. The molecule has 0 bridgehead atoms. The molecule has 0 aliphatic heterocycles. The maximum atomic E-state index is 12.7. The van der Waals surface area contributed by atoms with Gasteiger partial charge in [-0.25, -0.2) is 8.42 Å². The van der Waals surface area contributed by atoms with Crippen LogP contribution in [0.4, 0.5) is 5.69 Å². The zero-order valence-corrected chi connectivity index (χ0v) is 16.3. The largest absolute Gasteiger partial charge is 0.325 e. The average Bonchev–Trinajstić information content (AvgIpc) is 2.60. The van der Waals surface area contributed by atoms with E-state index in [1.165, 1.54) is 6.92 Å². The predicted molar refractivity (Wildman–Crippen MR) is 108 cm³/mol. The minimum absolute atomic E-state index is 0.132. The van der Waals surface area contributed by atoms with Gasteiger partial charge in [0.2, 0.25) is 15.9 Å². The SMILES string of the molecule is Cc1cc(C)cc(NC(=O)[C@H](C)NS(=O)(=O)c2ccc3ccccc3c2)c1. The lowest BCUT2D eigenvalue weighted by Gasteiger charge is -2.15. The third kappa shape index (κ3) is 4.53. The van der Waals surface area contributed by atoms with Crippen molar-refractivity contribution < 1.29 is 13.2 Å². The molecule has 5 nitrogen and oxygen atoms in total. The second-order valence-electron chi connectivity index (χ2n) is 6.72. The van der Waals surface area contributed by atoms with E-state index in [-0.39, 0.29) is 4.90 Å². The number of carbonyl (C=O) groups is 1. The molecule has 6 heteroatoms. The molecule has 1 amide bonds. The number of anilines is 1. The van der Waals surface area contributed by atoms with E-state index in [1.807, 2.05) is 56.3 Å². The van der Waals surface area contributed by atoms with E-state index in [2.05, 4.69) is 10.0 Å². The molecule has 0 aliphatic carbocycles. The van der Waals surface area contributed by atoms with Gasteiger partial charge in [-0.2, -0.15) is 4.72 Å². The molecule has 3 aromatic rings. The number of carbonyl (C=O) groups excluding carboxylic acids is 1. The van der Waals surface area contributed by atoms with Gasteiger partial charge in [0.05, 0.1) is 10.9 Å². The van der Waals surface area contributed by atoms with E-state index in [9.17, 15) is 13.2 Å². The monoisotopic (exact) mass is 382 g/mol. The highest BCUT2D eigenvalue weighted by Gasteiger charge is 2.22. The number of sulfonamides is 1. The summed E-state index contributed by atoms with van der Waals surface area (Å²) in [4.78, 5) is 12.6. The van der Waals surface area contributed by atoms with Crippen molar-refractivity contribution in [2.24, 2.45) is 0 Å². The fraction of sp³-hybridized carbons (Fsp3) is 0.190. The van der Waals surface area contributed by atoms with Crippen LogP contribution >= 0.6 is 0 Å². The molecular weight excluding hydrogens is 360 g/mol. The fourth-order valence-corrected chi connectivity index (χ4v) is 4.22. The first-order valence-electron chi connectivity index (χ1n) is 8.65. The Morgan fingerprint density at radius 1 is 0.889 bits per heavy atom. The summed E-state index contributed by atoms with van der Waals surface area (Å²) in [6, 6.07) is 17.2. The lowest BCUT2D eigenvalue weighted by Crippen LogP contribution is -2.41. The van der Waals surface area contributed by atoms with Crippen LogP contribution in [0.25, 0.3) is 10.8 Å².